The van der Waals surface area contributed by atoms with Gasteiger partial charge in [-0.25, -0.2) is 4.98 Å². The van der Waals surface area contributed by atoms with E-state index >= 15 is 0 Å². The van der Waals surface area contributed by atoms with Gasteiger partial charge in [-0.3, -0.25) is 9.59 Å². The SMILES string of the molecule is O=C(Cc1ccc2c(=O)[nH]ccc2c1)c1cccnc1Oc1ccc(Cl)cc1. The first-order valence-corrected chi connectivity index (χ1v) is 9.00. The zero-order valence-electron chi connectivity index (χ0n) is 14.7. The summed E-state index contributed by atoms with van der Waals surface area (Å²) in [7, 11) is 0. The Kier molecular flexibility index (Phi) is 4.91. The smallest absolute Gasteiger partial charge is 0.255 e. The molecular weight excluding hydrogens is 376 g/mol. The van der Waals surface area contributed by atoms with Crippen LogP contribution in [0.2, 0.25) is 5.02 Å². The van der Waals surface area contributed by atoms with Gasteiger partial charge in [0.1, 0.15) is 5.75 Å². The molecule has 1 N–H and O–H groups in total. The second-order valence-corrected chi connectivity index (χ2v) is 6.68. The first-order chi connectivity index (χ1) is 13.6. The summed E-state index contributed by atoms with van der Waals surface area (Å²) in [6.45, 7) is 0. The van der Waals surface area contributed by atoms with E-state index in [0.717, 1.165) is 10.9 Å². The van der Waals surface area contributed by atoms with Crippen LogP contribution in [0, 0.1) is 0 Å². The predicted octanol–water partition coefficient (Wildman–Crippen LogP) is 4.79. The highest BCUT2D eigenvalue weighted by molar-refractivity contribution is 6.30. The third-order valence-electron chi connectivity index (χ3n) is 4.30. The van der Waals surface area contributed by atoms with E-state index in [9.17, 15) is 9.59 Å². The van der Waals surface area contributed by atoms with Crippen LogP contribution in [-0.2, 0) is 6.42 Å². The van der Waals surface area contributed by atoms with Crippen LogP contribution in [0.25, 0.3) is 10.8 Å². The first-order valence-electron chi connectivity index (χ1n) is 8.62. The van der Waals surface area contributed by atoms with Crippen LogP contribution >= 0.6 is 11.6 Å². The normalized spacial score (nSPS) is 10.8. The van der Waals surface area contributed by atoms with Crippen molar-refractivity contribution in [2.75, 3.05) is 0 Å². The molecule has 4 aromatic rings. The quantitative estimate of drug-likeness (QED) is 0.497. The molecule has 0 aliphatic heterocycles. The predicted molar refractivity (Wildman–Crippen MR) is 108 cm³/mol. The molecule has 138 valence electrons. The van der Waals surface area contributed by atoms with Crippen molar-refractivity contribution < 1.29 is 9.53 Å². The Labute approximate surface area is 165 Å². The number of benzene rings is 2. The minimum absolute atomic E-state index is 0.124. The molecule has 0 unspecified atom stereocenters. The van der Waals surface area contributed by atoms with E-state index in [-0.39, 0.29) is 23.6 Å². The van der Waals surface area contributed by atoms with Crippen LogP contribution in [0.5, 0.6) is 11.6 Å². The topological polar surface area (TPSA) is 72.0 Å². The number of ether oxygens (including phenoxy) is 1. The number of rotatable bonds is 5. The lowest BCUT2D eigenvalue weighted by Gasteiger charge is -2.09. The molecule has 0 fully saturated rings. The third-order valence-corrected chi connectivity index (χ3v) is 4.55. The molecule has 0 saturated heterocycles. The average Bonchev–Trinajstić information content (AvgIpc) is 2.70. The molecular formula is C22H15ClN2O3. The number of hydrogen-bond donors (Lipinski definition) is 1. The van der Waals surface area contributed by atoms with Gasteiger partial charge in [-0.1, -0.05) is 23.7 Å². The number of carbonyl (C=O) groups is 1. The van der Waals surface area contributed by atoms with Crippen LogP contribution in [0.3, 0.4) is 0 Å². The summed E-state index contributed by atoms with van der Waals surface area (Å²) < 4.78 is 5.77. The molecule has 0 saturated carbocycles. The van der Waals surface area contributed by atoms with Crippen LogP contribution in [0.4, 0.5) is 0 Å². The Morgan fingerprint density at radius 1 is 1.07 bits per heavy atom. The number of carbonyl (C=O) groups excluding carboxylic acids is 1. The number of Topliss-reactive ketones (excluding diaryl/α,β-unsaturated/α-hetero) is 1. The van der Waals surface area contributed by atoms with Gasteiger partial charge in [0.15, 0.2) is 5.78 Å². The Hall–Kier alpha value is -3.44. The summed E-state index contributed by atoms with van der Waals surface area (Å²) in [5, 5.41) is 1.98. The van der Waals surface area contributed by atoms with Gasteiger partial charge in [0.05, 0.1) is 5.56 Å². The largest absolute Gasteiger partial charge is 0.438 e. The molecule has 5 nitrogen and oxygen atoms in total. The number of nitrogens with zero attached hydrogens (tertiary/aromatic N) is 1. The van der Waals surface area contributed by atoms with E-state index in [4.69, 9.17) is 16.3 Å². The van der Waals surface area contributed by atoms with Crippen molar-refractivity contribution in [3.63, 3.8) is 0 Å². The van der Waals surface area contributed by atoms with Crippen molar-refractivity contribution >= 4 is 28.2 Å². The summed E-state index contributed by atoms with van der Waals surface area (Å²) >= 11 is 5.89. The lowest BCUT2D eigenvalue weighted by Crippen LogP contribution is -2.08. The molecule has 0 atom stereocenters. The minimum Gasteiger partial charge on any atom is -0.438 e. The fraction of sp³-hybridized carbons (Fsp3) is 0.0455. The summed E-state index contributed by atoms with van der Waals surface area (Å²) in [6.07, 6.45) is 3.34. The maximum Gasteiger partial charge on any atom is 0.255 e. The highest BCUT2D eigenvalue weighted by Gasteiger charge is 2.15. The van der Waals surface area contributed by atoms with E-state index < -0.39 is 0 Å². The number of aromatic nitrogens is 2. The number of fused-ring (bicyclic) bond motifs is 1. The molecule has 2 aromatic heterocycles. The summed E-state index contributed by atoms with van der Waals surface area (Å²) in [6, 6.07) is 17.4. The standard InChI is InChI=1S/C22H15ClN2O3/c23-16-4-6-17(7-5-16)28-22-19(2-1-10-25-22)20(26)13-14-3-8-18-15(12-14)9-11-24-21(18)27/h1-12H,13H2,(H,24,27). The molecule has 0 radical (unpaired) electrons. The average molecular weight is 391 g/mol. The Bertz CT molecular complexity index is 1220. The molecule has 6 heteroatoms. The fourth-order valence-electron chi connectivity index (χ4n) is 2.93. The maximum atomic E-state index is 12.9. The second-order valence-electron chi connectivity index (χ2n) is 6.24. The lowest BCUT2D eigenvalue weighted by atomic mass is 10.0. The zero-order valence-corrected chi connectivity index (χ0v) is 15.4. The lowest BCUT2D eigenvalue weighted by molar-refractivity contribution is 0.0990. The van der Waals surface area contributed by atoms with E-state index in [1.165, 1.54) is 0 Å². The Balaban J connectivity index is 1.60. The molecule has 2 heterocycles. The van der Waals surface area contributed by atoms with E-state index in [1.807, 2.05) is 12.1 Å². The van der Waals surface area contributed by atoms with Gasteiger partial charge in [0, 0.05) is 29.2 Å². The number of halogens is 1. The summed E-state index contributed by atoms with van der Waals surface area (Å²) in [5.74, 6) is 0.662. The number of aromatic amines is 1. The van der Waals surface area contributed by atoms with Gasteiger partial charge in [0.25, 0.3) is 5.56 Å². The highest BCUT2D eigenvalue weighted by atomic mass is 35.5. The summed E-state index contributed by atoms with van der Waals surface area (Å²) in [5.41, 5.74) is 1.05. The molecule has 4 rings (SSSR count). The number of pyridine rings is 2. The number of ketones is 1. The van der Waals surface area contributed by atoms with Crippen molar-refractivity contribution in [3.05, 3.63) is 99.6 Å². The van der Waals surface area contributed by atoms with Gasteiger partial charge < -0.3 is 9.72 Å². The summed E-state index contributed by atoms with van der Waals surface area (Å²) in [4.78, 5) is 31.5. The molecule has 0 aliphatic rings. The van der Waals surface area contributed by atoms with Crippen LogP contribution < -0.4 is 10.3 Å². The van der Waals surface area contributed by atoms with E-state index in [1.54, 1.807) is 60.9 Å². The second kappa shape index (κ2) is 7.66. The molecule has 2 aromatic carbocycles. The zero-order chi connectivity index (χ0) is 19.5. The van der Waals surface area contributed by atoms with Gasteiger partial charge in [0.2, 0.25) is 5.88 Å². The third kappa shape index (κ3) is 3.80. The van der Waals surface area contributed by atoms with Crippen molar-refractivity contribution in [3.8, 4) is 11.6 Å². The Morgan fingerprint density at radius 3 is 2.71 bits per heavy atom. The van der Waals surface area contributed by atoms with Gasteiger partial charge in [-0.05, 0) is 59.5 Å². The van der Waals surface area contributed by atoms with Crippen molar-refractivity contribution in [1.82, 2.24) is 9.97 Å². The van der Waals surface area contributed by atoms with Crippen molar-refractivity contribution in [2.24, 2.45) is 0 Å². The number of H-pyrrole nitrogens is 1. The molecule has 0 aliphatic carbocycles. The molecule has 28 heavy (non-hydrogen) atoms. The number of nitrogens with one attached hydrogen (secondary N) is 1. The van der Waals surface area contributed by atoms with Crippen LogP contribution in [0.15, 0.2) is 77.9 Å². The first kappa shape index (κ1) is 17.9. The molecule has 0 bridgehead atoms. The maximum absolute atomic E-state index is 12.9. The minimum atomic E-state index is -0.152. The van der Waals surface area contributed by atoms with E-state index in [0.29, 0.717) is 21.7 Å². The highest BCUT2D eigenvalue weighted by Crippen LogP contribution is 2.25. The van der Waals surface area contributed by atoms with Crippen LogP contribution in [-0.4, -0.2) is 15.8 Å². The van der Waals surface area contributed by atoms with Crippen molar-refractivity contribution in [2.45, 2.75) is 6.42 Å². The van der Waals surface area contributed by atoms with Crippen molar-refractivity contribution in [1.29, 1.82) is 0 Å². The van der Waals surface area contributed by atoms with Gasteiger partial charge in [-0.15, -0.1) is 0 Å². The molecule has 0 spiro atoms. The monoisotopic (exact) mass is 390 g/mol. The Morgan fingerprint density at radius 2 is 1.89 bits per heavy atom. The number of hydrogen-bond acceptors (Lipinski definition) is 4. The van der Waals surface area contributed by atoms with Gasteiger partial charge in [-0.2, -0.15) is 0 Å². The van der Waals surface area contributed by atoms with Crippen LogP contribution in [0.1, 0.15) is 15.9 Å². The van der Waals surface area contributed by atoms with E-state index in [2.05, 4.69) is 9.97 Å². The van der Waals surface area contributed by atoms with Gasteiger partial charge >= 0.3 is 0 Å². The molecule has 0 amide bonds. The fourth-order valence-corrected chi connectivity index (χ4v) is 3.06.